The Hall–Kier alpha value is -0.800. The summed E-state index contributed by atoms with van der Waals surface area (Å²) in [5.41, 5.74) is -1.16. The minimum absolute atomic E-state index is 0.383. The van der Waals surface area contributed by atoms with E-state index in [-0.39, 0.29) is 0 Å². The predicted molar refractivity (Wildman–Crippen MR) is 78.1 cm³/mol. The summed E-state index contributed by atoms with van der Waals surface area (Å²) in [5, 5.41) is 20.8. The van der Waals surface area contributed by atoms with Crippen molar-refractivity contribution in [2.24, 2.45) is 0 Å². The molecular formula is C10H10Br2N4O2S. The zero-order valence-corrected chi connectivity index (χ0v) is 14.1. The Morgan fingerprint density at radius 2 is 2.26 bits per heavy atom. The van der Waals surface area contributed by atoms with E-state index in [0.29, 0.717) is 12.2 Å². The fraction of sp³-hybridized carbons (Fsp3) is 0.400. The minimum Gasteiger partial charge on any atom is -0.479 e. The van der Waals surface area contributed by atoms with Gasteiger partial charge in [0.15, 0.2) is 11.4 Å². The van der Waals surface area contributed by atoms with E-state index in [2.05, 4.69) is 47.4 Å². The van der Waals surface area contributed by atoms with Crippen LogP contribution in [0.25, 0.3) is 10.7 Å². The second-order valence-corrected chi connectivity index (χ2v) is 7.30. The van der Waals surface area contributed by atoms with Gasteiger partial charge >= 0.3 is 5.97 Å². The van der Waals surface area contributed by atoms with Crippen LogP contribution in [0.3, 0.4) is 0 Å². The molecule has 0 fully saturated rings. The minimum atomic E-state index is -1.16. The maximum Gasteiger partial charge on any atom is 0.331 e. The summed E-state index contributed by atoms with van der Waals surface area (Å²) in [6.07, 6.45) is 0.383. The second-order valence-electron chi connectivity index (χ2n) is 4.08. The molecule has 2 rings (SSSR count). The van der Waals surface area contributed by atoms with Crippen LogP contribution in [0.15, 0.2) is 14.3 Å². The lowest BCUT2D eigenvalue weighted by Gasteiger charge is -2.23. The third-order valence-electron chi connectivity index (χ3n) is 2.95. The SMILES string of the molecule is CCC(C)(C(=O)O)n1nnnc1-c1cc(Br)c(Br)s1. The summed E-state index contributed by atoms with van der Waals surface area (Å²) >= 11 is 8.23. The first-order valence-electron chi connectivity index (χ1n) is 5.37. The summed E-state index contributed by atoms with van der Waals surface area (Å²) < 4.78 is 3.15. The Labute approximate surface area is 130 Å². The molecule has 1 unspecified atom stereocenters. The van der Waals surface area contributed by atoms with Gasteiger partial charge in [-0.25, -0.2) is 9.48 Å². The summed E-state index contributed by atoms with van der Waals surface area (Å²) in [6.45, 7) is 3.40. The average molecular weight is 410 g/mol. The van der Waals surface area contributed by atoms with Gasteiger partial charge in [0, 0.05) is 4.47 Å². The van der Waals surface area contributed by atoms with Crippen molar-refractivity contribution in [1.82, 2.24) is 20.2 Å². The van der Waals surface area contributed by atoms with E-state index in [0.717, 1.165) is 13.1 Å². The Morgan fingerprint density at radius 3 is 2.74 bits per heavy atom. The van der Waals surface area contributed by atoms with Gasteiger partial charge in [-0.15, -0.1) is 16.4 Å². The van der Waals surface area contributed by atoms with E-state index in [1.54, 1.807) is 13.8 Å². The molecule has 19 heavy (non-hydrogen) atoms. The molecule has 0 bridgehead atoms. The summed E-state index contributed by atoms with van der Waals surface area (Å²) in [6, 6.07) is 1.86. The number of rotatable bonds is 4. The molecule has 0 spiro atoms. The smallest absolute Gasteiger partial charge is 0.331 e. The molecule has 1 atom stereocenters. The molecule has 9 heteroatoms. The van der Waals surface area contributed by atoms with Gasteiger partial charge in [0.2, 0.25) is 0 Å². The van der Waals surface area contributed by atoms with Crippen LogP contribution in [0.2, 0.25) is 0 Å². The van der Waals surface area contributed by atoms with Crippen LogP contribution in [0.1, 0.15) is 20.3 Å². The van der Waals surface area contributed by atoms with E-state index in [1.807, 2.05) is 6.07 Å². The van der Waals surface area contributed by atoms with Gasteiger partial charge in [0.05, 0.1) is 8.66 Å². The van der Waals surface area contributed by atoms with Crippen molar-refractivity contribution in [3.63, 3.8) is 0 Å². The first-order valence-corrected chi connectivity index (χ1v) is 7.78. The number of carbonyl (C=O) groups is 1. The number of carboxylic acids is 1. The highest BCUT2D eigenvalue weighted by atomic mass is 79.9. The van der Waals surface area contributed by atoms with E-state index in [9.17, 15) is 9.90 Å². The van der Waals surface area contributed by atoms with Gasteiger partial charge in [-0.05, 0) is 61.7 Å². The summed E-state index contributed by atoms with van der Waals surface area (Å²) in [7, 11) is 0. The quantitative estimate of drug-likeness (QED) is 0.838. The van der Waals surface area contributed by atoms with E-state index < -0.39 is 11.5 Å². The van der Waals surface area contributed by atoms with Gasteiger partial charge in [0.1, 0.15) is 0 Å². The molecular weight excluding hydrogens is 400 g/mol. The van der Waals surface area contributed by atoms with Crippen LogP contribution in [0.4, 0.5) is 0 Å². The largest absolute Gasteiger partial charge is 0.479 e. The lowest BCUT2D eigenvalue weighted by atomic mass is 9.99. The number of aliphatic carboxylic acids is 1. The molecule has 0 aliphatic rings. The number of nitrogens with zero attached hydrogens (tertiary/aromatic N) is 4. The molecule has 0 saturated carbocycles. The topological polar surface area (TPSA) is 80.9 Å². The molecule has 0 radical (unpaired) electrons. The second kappa shape index (κ2) is 5.29. The molecule has 102 valence electrons. The van der Waals surface area contributed by atoms with Crippen molar-refractivity contribution in [2.45, 2.75) is 25.8 Å². The third-order valence-corrected chi connectivity index (χ3v) is 6.20. The lowest BCUT2D eigenvalue weighted by Crippen LogP contribution is -2.39. The Morgan fingerprint density at radius 1 is 1.58 bits per heavy atom. The lowest BCUT2D eigenvalue weighted by molar-refractivity contribution is -0.147. The van der Waals surface area contributed by atoms with Crippen molar-refractivity contribution in [3.05, 3.63) is 14.3 Å². The fourth-order valence-electron chi connectivity index (χ4n) is 1.52. The van der Waals surface area contributed by atoms with E-state index in [1.165, 1.54) is 16.0 Å². The van der Waals surface area contributed by atoms with Crippen LogP contribution in [0, 0.1) is 0 Å². The predicted octanol–water partition coefficient (Wildman–Crippen LogP) is 3.14. The summed E-state index contributed by atoms with van der Waals surface area (Å²) in [4.78, 5) is 12.3. The molecule has 2 aromatic rings. The molecule has 2 heterocycles. The van der Waals surface area contributed by atoms with Crippen LogP contribution in [-0.4, -0.2) is 31.3 Å². The molecule has 0 amide bonds. The Kier molecular flexibility index (Phi) is 4.07. The van der Waals surface area contributed by atoms with Crippen LogP contribution < -0.4 is 0 Å². The normalized spacial score (nSPS) is 14.3. The van der Waals surface area contributed by atoms with Crippen LogP contribution in [0.5, 0.6) is 0 Å². The van der Waals surface area contributed by atoms with E-state index >= 15 is 0 Å². The van der Waals surface area contributed by atoms with Gasteiger partial charge < -0.3 is 5.11 Å². The van der Waals surface area contributed by atoms with Crippen molar-refractivity contribution < 1.29 is 9.90 Å². The Balaban J connectivity index is 2.57. The van der Waals surface area contributed by atoms with Crippen molar-refractivity contribution in [3.8, 4) is 10.7 Å². The number of hydrogen-bond donors (Lipinski definition) is 1. The molecule has 1 N–H and O–H groups in total. The average Bonchev–Trinajstić information content (AvgIpc) is 2.96. The number of tetrazole rings is 1. The monoisotopic (exact) mass is 408 g/mol. The number of halogens is 2. The highest BCUT2D eigenvalue weighted by Crippen LogP contribution is 2.38. The zero-order valence-electron chi connectivity index (χ0n) is 10.1. The highest BCUT2D eigenvalue weighted by molar-refractivity contribution is 9.13. The van der Waals surface area contributed by atoms with Gasteiger partial charge in [-0.2, -0.15) is 0 Å². The molecule has 0 saturated heterocycles. The van der Waals surface area contributed by atoms with Crippen LogP contribution >= 0.6 is 43.2 Å². The highest BCUT2D eigenvalue weighted by Gasteiger charge is 2.37. The zero-order chi connectivity index (χ0) is 14.2. The standard InChI is InChI=1S/C10H10Br2N4O2S/c1-3-10(2,9(17)18)16-8(13-14-15-16)6-4-5(11)7(12)19-6/h4H,3H2,1-2H3,(H,17,18). The van der Waals surface area contributed by atoms with E-state index in [4.69, 9.17) is 0 Å². The molecule has 0 aromatic carbocycles. The van der Waals surface area contributed by atoms with Gasteiger partial charge in [-0.1, -0.05) is 6.92 Å². The summed E-state index contributed by atoms with van der Waals surface area (Å²) in [5.74, 6) is -0.513. The van der Waals surface area contributed by atoms with Crippen molar-refractivity contribution in [2.75, 3.05) is 0 Å². The van der Waals surface area contributed by atoms with Crippen molar-refractivity contribution >= 4 is 49.2 Å². The molecule has 2 aromatic heterocycles. The van der Waals surface area contributed by atoms with Crippen molar-refractivity contribution in [1.29, 1.82) is 0 Å². The first-order chi connectivity index (χ1) is 8.90. The van der Waals surface area contributed by atoms with Gasteiger partial charge in [-0.3, -0.25) is 0 Å². The van der Waals surface area contributed by atoms with Crippen LogP contribution in [-0.2, 0) is 10.3 Å². The molecule has 0 aliphatic heterocycles. The number of aromatic nitrogens is 4. The number of thiophene rings is 1. The molecule has 6 nitrogen and oxygen atoms in total. The Bertz CT molecular complexity index is 607. The molecule has 0 aliphatic carbocycles. The maximum absolute atomic E-state index is 11.5. The number of hydrogen-bond acceptors (Lipinski definition) is 5. The van der Waals surface area contributed by atoms with Gasteiger partial charge in [0.25, 0.3) is 0 Å². The maximum atomic E-state index is 11.5. The first kappa shape index (κ1) is 14.6. The third kappa shape index (κ3) is 2.46. The fourth-order valence-corrected chi connectivity index (χ4v) is 3.53. The number of carboxylic acid groups (broad SMARTS) is 1.